The van der Waals surface area contributed by atoms with Gasteiger partial charge in [0.15, 0.2) is 0 Å². The van der Waals surface area contributed by atoms with Crippen LogP contribution in [0, 0.1) is 5.41 Å². The second-order valence-corrected chi connectivity index (χ2v) is 8.47. The molecule has 1 unspecified atom stereocenters. The third-order valence-electron chi connectivity index (χ3n) is 5.77. The van der Waals surface area contributed by atoms with Crippen LogP contribution >= 0.6 is 0 Å². The molecule has 1 spiro atoms. The summed E-state index contributed by atoms with van der Waals surface area (Å²) in [6.45, 7) is 2.85. The fraction of sp³-hybridized carbons (Fsp3) is 0.875. The molecule has 0 aromatic carbocycles. The SMILES string of the molecule is CCN1C(=O)N(OS(=O)(=O)O)CC[C@H]1C(=O)NOC1CCOCC12CCCC2. The smallest absolute Gasteiger partial charge is 0.381 e. The number of carbonyl (C=O) groups excluding carboxylic acids is 2. The van der Waals surface area contributed by atoms with E-state index in [0.717, 1.165) is 25.7 Å². The number of ether oxygens (including phenoxy) is 1. The standard InChI is InChI=1S/C16H27N3O8S/c1-2-18-12(5-9-19(15(18)21)27-28(22,23)24)14(20)17-26-13-6-10-25-11-16(13)7-3-4-8-16/h12-13H,2-11H2,1H3,(H,17,20)(H,22,23,24)/t12-,13?/m0/s1. The van der Waals surface area contributed by atoms with Crippen LogP contribution in [-0.2, 0) is 29.1 Å². The van der Waals surface area contributed by atoms with Crippen LogP contribution in [0.1, 0.15) is 45.4 Å². The summed E-state index contributed by atoms with van der Waals surface area (Å²) in [7, 11) is -4.82. The van der Waals surface area contributed by atoms with Crippen molar-refractivity contribution in [3.8, 4) is 0 Å². The van der Waals surface area contributed by atoms with Gasteiger partial charge in [-0.2, -0.15) is 13.5 Å². The number of hydrogen-bond donors (Lipinski definition) is 2. The van der Waals surface area contributed by atoms with Crippen molar-refractivity contribution in [3.63, 3.8) is 0 Å². The second kappa shape index (κ2) is 8.49. The largest absolute Gasteiger partial charge is 0.418 e. The fourth-order valence-corrected chi connectivity index (χ4v) is 4.74. The predicted molar refractivity (Wildman–Crippen MR) is 94.9 cm³/mol. The number of hydroxylamine groups is 3. The van der Waals surface area contributed by atoms with Gasteiger partial charge >= 0.3 is 16.4 Å². The van der Waals surface area contributed by atoms with Crippen molar-refractivity contribution in [1.29, 1.82) is 0 Å². The van der Waals surface area contributed by atoms with Crippen LogP contribution in [0.15, 0.2) is 0 Å². The molecule has 0 aromatic heterocycles. The molecule has 2 saturated heterocycles. The summed E-state index contributed by atoms with van der Waals surface area (Å²) in [6, 6.07) is -1.64. The molecule has 3 amide bonds. The molecule has 28 heavy (non-hydrogen) atoms. The van der Waals surface area contributed by atoms with Crippen LogP contribution in [0.25, 0.3) is 0 Å². The van der Waals surface area contributed by atoms with Crippen molar-refractivity contribution in [1.82, 2.24) is 15.4 Å². The third kappa shape index (κ3) is 4.57. The van der Waals surface area contributed by atoms with Gasteiger partial charge in [0, 0.05) is 25.0 Å². The van der Waals surface area contributed by atoms with Gasteiger partial charge in [-0.05, 0) is 26.2 Å². The van der Waals surface area contributed by atoms with Gasteiger partial charge < -0.3 is 9.64 Å². The molecular formula is C16H27N3O8S. The highest BCUT2D eigenvalue weighted by atomic mass is 32.3. The summed E-state index contributed by atoms with van der Waals surface area (Å²) in [4.78, 5) is 32.0. The van der Waals surface area contributed by atoms with Gasteiger partial charge in [-0.3, -0.25) is 14.2 Å². The molecule has 1 saturated carbocycles. The molecule has 0 aromatic rings. The van der Waals surface area contributed by atoms with Gasteiger partial charge in [-0.15, -0.1) is 4.28 Å². The van der Waals surface area contributed by atoms with Crippen LogP contribution in [0.2, 0.25) is 0 Å². The summed E-state index contributed by atoms with van der Waals surface area (Å²) in [5, 5.41) is 0.523. The normalized spacial score (nSPS) is 28.0. The van der Waals surface area contributed by atoms with Crippen molar-refractivity contribution in [2.45, 2.75) is 57.6 Å². The molecule has 3 aliphatic rings. The molecule has 2 heterocycles. The molecule has 160 valence electrons. The van der Waals surface area contributed by atoms with Gasteiger partial charge in [0.1, 0.15) is 6.04 Å². The fourth-order valence-electron chi connectivity index (χ4n) is 4.37. The van der Waals surface area contributed by atoms with Gasteiger partial charge in [0.05, 0.1) is 19.3 Å². The number of amides is 3. The molecular weight excluding hydrogens is 394 g/mol. The zero-order valence-corrected chi connectivity index (χ0v) is 16.6. The molecule has 3 rings (SSSR count). The lowest BCUT2D eigenvalue weighted by molar-refractivity contribution is -0.175. The lowest BCUT2D eigenvalue weighted by Crippen LogP contribution is -2.59. The Morgan fingerprint density at radius 1 is 1.36 bits per heavy atom. The van der Waals surface area contributed by atoms with Crippen LogP contribution < -0.4 is 5.48 Å². The van der Waals surface area contributed by atoms with E-state index in [-0.39, 0.29) is 31.0 Å². The summed E-state index contributed by atoms with van der Waals surface area (Å²) in [5.74, 6) is -0.471. The van der Waals surface area contributed by atoms with Gasteiger partial charge in [0.2, 0.25) is 0 Å². The lowest BCUT2D eigenvalue weighted by Gasteiger charge is -2.41. The Balaban J connectivity index is 1.60. The number of carbonyl (C=O) groups is 2. The molecule has 2 aliphatic heterocycles. The highest BCUT2D eigenvalue weighted by Crippen LogP contribution is 2.45. The van der Waals surface area contributed by atoms with E-state index in [0.29, 0.717) is 24.7 Å². The van der Waals surface area contributed by atoms with Gasteiger partial charge in [0.25, 0.3) is 5.91 Å². The average Bonchev–Trinajstić information content (AvgIpc) is 3.10. The summed E-state index contributed by atoms with van der Waals surface area (Å²) in [6.07, 6.45) is 4.90. The molecule has 3 fully saturated rings. The zero-order chi connectivity index (χ0) is 20.4. The Bertz CT molecular complexity index is 694. The lowest BCUT2D eigenvalue weighted by atomic mass is 9.78. The van der Waals surface area contributed by atoms with Crippen molar-refractivity contribution in [3.05, 3.63) is 0 Å². The first-order valence-electron chi connectivity index (χ1n) is 9.54. The van der Waals surface area contributed by atoms with Crippen molar-refractivity contribution in [2.24, 2.45) is 5.41 Å². The number of nitrogens with one attached hydrogen (secondary N) is 1. The number of rotatable bonds is 6. The molecule has 2 atom stereocenters. The Labute approximate surface area is 164 Å². The Kier molecular flexibility index (Phi) is 6.44. The molecule has 0 radical (unpaired) electrons. The molecule has 11 nitrogen and oxygen atoms in total. The maximum atomic E-state index is 12.7. The van der Waals surface area contributed by atoms with E-state index in [1.165, 1.54) is 4.90 Å². The van der Waals surface area contributed by atoms with Crippen LogP contribution in [0.4, 0.5) is 4.79 Å². The molecule has 2 N–H and O–H groups in total. The maximum absolute atomic E-state index is 12.7. The van der Waals surface area contributed by atoms with Gasteiger partial charge in [-0.25, -0.2) is 10.3 Å². The first-order chi connectivity index (χ1) is 13.3. The van der Waals surface area contributed by atoms with Crippen LogP contribution in [0.5, 0.6) is 0 Å². The van der Waals surface area contributed by atoms with E-state index < -0.39 is 28.4 Å². The second-order valence-electron chi connectivity index (χ2n) is 7.46. The Morgan fingerprint density at radius 2 is 2.07 bits per heavy atom. The van der Waals surface area contributed by atoms with Crippen molar-refractivity contribution < 1.29 is 36.4 Å². The monoisotopic (exact) mass is 421 g/mol. The summed E-state index contributed by atoms with van der Waals surface area (Å²) >= 11 is 0. The minimum absolute atomic E-state index is 0.0710. The van der Waals surface area contributed by atoms with E-state index in [1.54, 1.807) is 6.92 Å². The summed E-state index contributed by atoms with van der Waals surface area (Å²) in [5.41, 5.74) is 2.43. The Hall–Kier alpha value is -1.47. The summed E-state index contributed by atoms with van der Waals surface area (Å²) < 4.78 is 40.4. The predicted octanol–water partition coefficient (Wildman–Crippen LogP) is 0.634. The van der Waals surface area contributed by atoms with E-state index >= 15 is 0 Å². The van der Waals surface area contributed by atoms with Crippen LogP contribution in [0.3, 0.4) is 0 Å². The molecule has 0 bridgehead atoms. The molecule has 12 heteroatoms. The van der Waals surface area contributed by atoms with Crippen LogP contribution in [-0.4, -0.2) is 73.3 Å². The van der Waals surface area contributed by atoms with E-state index in [2.05, 4.69) is 9.76 Å². The zero-order valence-electron chi connectivity index (χ0n) is 15.8. The van der Waals surface area contributed by atoms with E-state index in [4.69, 9.17) is 14.1 Å². The number of likely N-dealkylation sites (N-methyl/N-ethyl adjacent to an activating group) is 1. The number of nitrogens with zero attached hydrogens (tertiary/aromatic N) is 2. The average molecular weight is 421 g/mol. The molecule has 1 aliphatic carbocycles. The van der Waals surface area contributed by atoms with Crippen molar-refractivity contribution >= 4 is 22.3 Å². The van der Waals surface area contributed by atoms with E-state index in [9.17, 15) is 18.0 Å². The highest BCUT2D eigenvalue weighted by Gasteiger charge is 2.46. The quantitative estimate of drug-likeness (QED) is 0.471. The van der Waals surface area contributed by atoms with Crippen molar-refractivity contribution in [2.75, 3.05) is 26.3 Å². The minimum atomic E-state index is -4.82. The number of hydrogen-bond acceptors (Lipinski definition) is 7. The first-order valence-corrected chi connectivity index (χ1v) is 10.9. The third-order valence-corrected chi connectivity index (χ3v) is 6.13. The Morgan fingerprint density at radius 3 is 2.71 bits per heavy atom. The maximum Gasteiger partial charge on any atom is 0.418 e. The highest BCUT2D eigenvalue weighted by molar-refractivity contribution is 7.80. The van der Waals surface area contributed by atoms with E-state index in [1.807, 2.05) is 0 Å². The topological polar surface area (TPSA) is 135 Å². The minimum Gasteiger partial charge on any atom is -0.381 e. The van der Waals surface area contributed by atoms with Gasteiger partial charge in [-0.1, -0.05) is 12.8 Å². The number of urea groups is 1. The first kappa shape index (κ1) is 21.2.